The topological polar surface area (TPSA) is 108 Å². The highest BCUT2D eigenvalue weighted by Crippen LogP contribution is 2.22. The van der Waals surface area contributed by atoms with Gasteiger partial charge in [0.15, 0.2) is 6.29 Å². The van der Waals surface area contributed by atoms with Gasteiger partial charge < -0.3 is 30.1 Å². The maximum atomic E-state index is 11.0. The highest BCUT2D eigenvalue weighted by molar-refractivity contribution is 6.17. The highest BCUT2D eigenvalue weighted by Gasteiger charge is 2.45. The van der Waals surface area contributed by atoms with E-state index >= 15 is 0 Å². The first-order chi connectivity index (χ1) is 8.51. The molecule has 0 bridgehead atoms. The van der Waals surface area contributed by atoms with Crippen molar-refractivity contribution in [3.05, 3.63) is 0 Å². The summed E-state index contributed by atoms with van der Waals surface area (Å²) in [4.78, 5) is 11.0. The van der Waals surface area contributed by atoms with Crippen molar-refractivity contribution >= 4 is 17.5 Å². The number of hydrogen-bond acceptors (Lipinski definition) is 6. The van der Waals surface area contributed by atoms with Gasteiger partial charge in [0.05, 0.1) is 13.2 Å². The summed E-state index contributed by atoms with van der Waals surface area (Å²) in [6.45, 7) is 0.963. The first-order valence-electron chi connectivity index (χ1n) is 5.58. The molecule has 1 saturated heterocycles. The third kappa shape index (κ3) is 3.78. The lowest BCUT2D eigenvalue weighted by molar-refractivity contribution is -0.268. The molecule has 0 aliphatic carbocycles. The van der Waals surface area contributed by atoms with Crippen LogP contribution in [0.1, 0.15) is 6.92 Å². The summed E-state index contributed by atoms with van der Waals surface area (Å²) in [5.41, 5.74) is 0. The van der Waals surface area contributed by atoms with Crippen LogP contribution in [-0.2, 0) is 14.3 Å². The van der Waals surface area contributed by atoms with Crippen LogP contribution in [0.5, 0.6) is 0 Å². The van der Waals surface area contributed by atoms with Crippen molar-refractivity contribution < 1.29 is 29.6 Å². The fraction of sp³-hybridized carbons (Fsp3) is 0.900. The molecule has 0 spiro atoms. The second-order valence-electron chi connectivity index (χ2n) is 3.99. The second kappa shape index (κ2) is 7.22. The number of aliphatic hydroxyl groups is 3. The Morgan fingerprint density at radius 1 is 1.44 bits per heavy atom. The molecular weight excluding hydrogens is 266 g/mol. The van der Waals surface area contributed by atoms with Crippen LogP contribution in [0.25, 0.3) is 0 Å². The van der Waals surface area contributed by atoms with E-state index in [0.29, 0.717) is 0 Å². The molecule has 0 unspecified atom stereocenters. The number of rotatable bonds is 5. The van der Waals surface area contributed by atoms with E-state index in [0.717, 1.165) is 0 Å². The van der Waals surface area contributed by atoms with Gasteiger partial charge in [0, 0.05) is 12.8 Å². The Bertz CT molecular complexity index is 279. The van der Waals surface area contributed by atoms with Crippen LogP contribution in [-0.4, -0.2) is 71.0 Å². The summed E-state index contributed by atoms with van der Waals surface area (Å²) in [6, 6.07) is -0.913. The van der Waals surface area contributed by atoms with Gasteiger partial charge >= 0.3 is 0 Å². The Kier molecular flexibility index (Phi) is 6.27. The molecular formula is C10H18ClNO6. The monoisotopic (exact) mass is 283 g/mol. The van der Waals surface area contributed by atoms with Crippen molar-refractivity contribution in [2.75, 3.05) is 19.1 Å². The summed E-state index contributed by atoms with van der Waals surface area (Å²) in [5.74, 6) is -0.175. The Hall–Kier alpha value is -0.440. The van der Waals surface area contributed by atoms with Gasteiger partial charge in [-0.25, -0.2) is 0 Å². The van der Waals surface area contributed by atoms with E-state index in [1.54, 1.807) is 0 Å². The van der Waals surface area contributed by atoms with E-state index in [2.05, 4.69) is 5.32 Å². The Labute approximate surface area is 110 Å². The Balaban J connectivity index is 2.76. The standard InChI is InChI=1S/C10H18ClNO6/c1-5(14)12-7-9(16)8(15)6(4-13)18-10(7)17-3-2-11/h6-10,13,15-16H,2-4H2,1H3,(H,12,14)/t6-,7+,8+,9+,10+/m1/s1. The molecule has 18 heavy (non-hydrogen) atoms. The zero-order valence-electron chi connectivity index (χ0n) is 9.95. The minimum absolute atomic E-state index is 0.156. The molecule has 0 aromatic carbocycles. The molecule has 4 N–H and O–H groups in total. The first kappa shape index (κ1) is 15.6. The first-order valence-corrected chi connectivity index (χ1v) is 6.11. The molecule has 1 fully saturated rings. The molecule has 1 aliphatic heterocycles. The number of nitrogens with one attached hydrogen (secondary N) is 1. The van der Waals surface area contributed by atoms with Crippen LogP contribution in [0.4, 0.5) is 0 Å². The predicted molar refractivity (Wildman–Crippen MR) is 62.0 cm³/mol. The molecule has 1 aliphatic rings. The van der Waals surface area contributed by atoms with Gasteiger partial charge in [0.1, 0.15) is 24.4 Å². The van der Waals surface area contributed by atoms with E-state index in [4.69, 9.17) is 26.2 Å². The van der Waals surface area contributed by atoms with E-state index in [9.17, 15) is 15.0 Å². The van der Waals surface area contributed by atoms with Gasteiger partial charge in [-0.2, -0.15) is 0 Å². The smallest absolute Gasteiger partial charge is 0.217 e. The average Bonchev–Trinajstić information content (AvgIpc) is 2.33. The number of aliphatic hydroxyl groups excluding tert-OH is 3. The largest absolute Gasteiger partial charge is 0.394 e. The third-order valence-electron chi connectivity index (χ3n) is 2.61. The maximum Gasteiger partial charge on any atom is 0.217 e. The molecule has 0 aromatic rings. The predicted octanol–water partition coefficient (Wildman–Crippen LogP) is -1.81. The molecule has 1 amide bonds. The van der Waals surface area contributed by atoms with Gasteiger partial charge in [-0.05, 0) is 0 Å². The number of hydrogen-bond donors (Lipinski definition) is 4. The number of carbonyl (C=O) groups is 1. The van der Waals surface area contributed by atoms with Crippen molar-refractivity contribution in [3.8, 4) is 0 Å². The van der Waals surface area contributed by atoms with E-state index < -0.39 is 43.2 Å². The van der Waals surface area contributed by atoms with Crippen LogP contribution in [0.15, 0.2) is 0 Å². The molecule has 106 valence electrons. The van der Waals surface area contributed by atoms with Crippen molar-refractivity contribution in [2.24, 2.45) is 0 Å². The number of carbonyl (C=O) groups excluding carboxylic acids is 1. The number of alkyl halides is 1. The summed E-state index contributed by atoms with van der Waals surface area (Å²) >= 11 is 5.48. The number of amides is 1. The van der Waals surface area contributed by atoms with E-state index in [-0.39, 0.29) is 12.5 Å². The van der Waals surface area contributed by atoms with E-state index in [1.807, 2.05) is 0 Å². The highest BCUT2D eigenvalue weighted by atomic mass is 35.5. The summed E-state index contributed by atoms with van der Waals surface area (Å²) in [5, 5.41) is 31.1. The quantitative estimate of drug-likeness (QED) is 0.443. The molecule has 0 aromatic heterocycles. The lowest BCUT2D eigenvalue weighted by Crippen LogP contribution is -2.64. The van der Waals surface area contributed by atoms with Crippen LogP contribution < -0.4 is 5.32 Å². The third-order valence-corrected chi connectivity index (χ3v) is 2.76. The van der Waals surface area contributed by atoms with E-state index in [1.165, 1.54) is 6.92 Å². The van der Waals surface area contributed by atoms with Crippen molar-refractivity contribution in [1.82, 2.24) is 5.32 Å². The van der Waals surface area contributed by atoms with Gasteiger partial charge in [-0.1, -0.05) is 0 Å². The van der Waals surface area contributed by atoms with Crippen molar-refractivity contribution in [3.63, 3.8) is 0 Å². The maximum absolute atomic E-state index is 11.0. The minimum atomic E-state index is -1.30. The average molecular weight is 284 g/mol. The number of halogens is 1. The molecule has 0 radical (unpaired) electrons. The van der Waals surface area contributed by atoms with Gasteiger partial charge in [0.25, 0.3) is 0 Å². The van der Waals surface area contributed by atoms with Crippen molar-refractivity contribution in [1.29, 1.82) is 0 Å². The summed E-state index contributed by atoms with van der Waals surface area (Å²) in [7, 11) is 0. The second-order valence-corrected chi connectivity index (χ2v) is 4.37. The Morgan fingerprint density at radius 2 is 2.11 bits per heavy atom. The van der Waals surface area contributed by atoms with Gasteiger partial charge in [-0.3, -0.25) is 4.79 Å². The molecule has 5 atom stereocenters. The van der Waals surface area contributed by atoms with Crippen molar-refractivity contribution in [2.45, 2.75) is 37.6 Å². The zero-order chi connectivity index (χ0) is 13.7. The Morgan fingerprint density at radius 3 is 2.61 bits per heavy atom. The van der Waals surface area contributed by atoms with Crippen LogP contribution >= 0.6 is 11.6 Å². The molecule has 8 heteroatoms. The number of ether oxygens (including phenoxy) is 2. The summed E-state index contributed by atoms with van der Waals surface area (Å²) in [6.07, 6.45) is -4.53. The van der Waals surface area contributed by atoms with Crippen LogP contribution in [0.2, 0.25) is 0 Å². The summed E-state index contributed by atoms with van der Waals surface area (Å²) < 4.78 is 10.5. The van der Waals surface area contributed by atoms with Crippen LogP contribution in [0, 0.1) is 0 Å². The molecule has 0 saturated carbocycles. The molecule has 1 rings (SSSR count). The zero-order valence-corrected chi connectivity index (χ0v) is 10.7. The minimum Gasteiger partial charge on any atom is -0.394 e. The lowest BCUT2D eigenvalue weighted by atomic mass is 9.97. The fourth-order valence-electron chi connectivity index (χ4n) is 1.77. The van der Waals surface area contributed by atoms with Crippen LogP contribution in [0.3, 0.4) is 0 Å². The van der Waals surface area contributed by atoms with Gasteiger partial charge in [0.2, 0.25) is 5.91 Å². The fourth-order valence-corrected chi connectivity index (χ4v) is 1.86. The molecule has 1 heterocycles. The normalized spacial score (nSPS) is 36.4. The molecule has 7 nitrogen and oxygen atoms in total. The SMILES string of the molecule is CC(=O)N[C@@H]1[C@@H](OCCCl)O[C@H](CO)[C@H](O)[C@H]1O. The van der Waals surface area contributed by atoms with Gasteiger partial charge in [-0.15, -0.1) is 11.6 Å². The lowest BCUT2D eigenvalue weighted by Gasteiger charge is -2.42.